The molecule has 5 N–H and O–H groups in total. The molecular formula is C37H46N4O5S. The standard InChI is InChI=1S/C37H46N4O5S/c1-4-16-41(17-5-2)36(45)37(22-28(34(38)43)21-29(23-37)40-35(44)33-15-10-18-47-33)31(20-26-11-7-6-8-12-26)32(42)25-39-24-27-13-9-14-30(19-27)46-3/h6-15,18-19,21,23,31-32,39,42H,4-5,16-17,20,22,24-25H2,1-3H3,(H2,38,43)(H,40,44)/t31-,32+,37?/m1/s1. The Bertz CT molecular complexity index is 1550. The van der Waals surface area contributed by atoms with Crippen molar-refractivity contribution >= 4 is 29.1 Å². The van der Waals surface area contributed by atoms with Crippen molar-refractivity contribution in [2.45, 2.75) is 52.2 Å². The first-order valence-electron chi connectivity index (χ1n) is 16.1. The molecule has 1 heterocycles. The number of nitrogens with one attached hydrogen (secondary N) is 2. The Morgan fingerprint density at radius 2 is 1.74 bits per heavy atom. The average Bonchev–Trinajstić information content (AvgIpc) is 3.63. The van der Waals surface area contributed by atoms with Crippen LogP contribution in [-0.2, 0) is 22.6 Å². The molecule has 1 aliphatic rings. The Labute approximate surface area is 281 Å². The van der Waals surface area contributed by atoms with Gasteiger partial charge in [0.05, 0.1) is 23.5 Å². The number of methoxy groups -OCH3 is 1. The summed E-state index contributed by atoms with van der Waals surface area (Å²) >= 11 is 1.29. The van der Waals surface area contributed by atoms with Crippen LogP contribution in [0.1, 0.15) is 53.9 Å². The van der Waals surface area contributed by atoms with Gasteiger partial charge in [0.15, 0.2) is 0 Å². The highest BCUT2D eigenvalue weighted by Gasteiger charge is 2.51. The fourth-order valence-electron chi connectivity index (χ4n) is 6.26. The number of hydrogen-bond donors (Lipinski definition) is 4. The second-order valence-corrected chi connectivity index (χ2v) is 12.9. The van der Waals surface area contributed by atoms with Crippen molar-refractivity contribution in [3.63, 3.8) is 0 Å². The molecule has 3 aromatic rings. The first-order chi connectivity index (χ1) is 22.7. The molecule has 0 radical (unpaired) electrons. The van der Waals surface area contributed by atoms with Gasteiger partial charge in [-0.3, -0.25) is 14.4 Å². The van der Waals surface area contributed by atoms with E-state index in [1.165, 1.54) is 11.3 Å². The van der Waals surface area contributed by atoms with Gasteiger partial charge in [-0.25, -0.2) is 0 Å². The van der Waals surface area contributed by atoms with Gasteiger partial charge in [0.25, 0.3) is 5.91 Å². The minimum Gasteiger partial charge on any atom is -0.497 e. The molecule has 3 amide bonds. The minimum atomic E-state index is -1.39. The summed E-state index contributed by atoms with van der Waals surface area (Å²) in [4.78, 5) is 43.4. The number of rotatable bonds is 17. The number of amides is 3. The average molecular weight is 659 g/mol. The van der Waals surface area contributed by atoms with E-state index >= 15 is 0 Å². The van der Waals surface area contributed by atoms with Crippen LogP contribution in [0, 0.1) is 11.3 Å². The van der Waals surface area contributed by atoms with Crippen LogP contribution in [0.2, 0.25) is 0 Å². The van der Waals surface area contributed by atoms with E-state index in [0.717, 1.165) is 29.7 Å². The van der Waals surface area contributed by atoms with Crippen LogP contribution < -0.4 is 21.1 Å². The lowest BCUT2D eigenvalue weighted by Crippen LogP contribution is -2.54. The molecule has 47 heavy (non-hydrogen) atoms. The molecule has 0 saturated heterocycles. The Morgan fingerprint density at radius 1 is 1.02 bits per heavy atom. The molecule has 0 saturated carbocycles. The fourth-order valence-corrected chi connectivity index (χ4v) is 6.88. The molecule has 2 aromatic carbocycles. The predicted octanol–water partition coefficient (Wildman–Crippen LogP) is 4.83. The summed E-state index contributed by atoms with van der Waals surface area (Å²) in [5.74, 6) is -1.20. The van der Waals surface area contributed by atoms with Crippen LogP contribution in [-0.4, -0.2) is 60.6 Å². The van der Waals surface area contributed by atoms with Crippen LogP contribution in [0.4, 0.5) is 0 Å². The maximum absolute atomic E-state index is 15.0. The quantitative estimate of drug-likeness (QED) is 0.164. The van der Waals surface area contributed by atoms with Crippen LogP contribution in [0.25, 0.3) is 0 Å². The summed E-state index contributed by atoms with van der Waals surface area (Å²) in [6.07, 6.45) is 4.09. The first kappa shape index (κ1) is 35.6. The number of aliphatic hydroxyl groups excluding tert-OH is 1. The Kier molecular flexibility index (Phi) is 12.9. The van der Waals surface area contributed by atoms with Gasteiger partial charge in [0.1, 0.15) is 5.75 Å². The molecule has 0 spiro atoms. The van der Waals surface area contributed by atoms with Gasteiger partial charge in [-0.1, -0.05) is 62.4 Å². The Morgan fingerprint density at radius 3 is 2.38 bits per heavy atom. The molecule has 1 aliphatic carbocycles. The summed E-state index contributed by atoms with van der Waals surface area (Å²) < 4.78 is 5.36. The molecule has 9 nitrogen and oxygen atoms in total. The van der Waals surface area contributed by atoms with Crippen LogP contribution in [0.5, 0.6) is 5.75 Å². The number of aliphatic hydroxyl groups is 1. The van der Waals surface area contributed by atoms with Gasteiger partial charge in [0.2, 0.25) is 11.8 Å². The zero-order valence-corrected chi connectivity index (χ0v) is 28.2. The summed E-state index contributed by atoms with van der Waals surface area (Å²) in [5, 5.41) is 20.2. The van der Waals surface area contributed by atoms with E-state index in [1.54, 1.807) is 36.8 Å². The van der Waals surface area contributed by atoms with Gasteiger partial charge in [-0.05, 0) is 72.5 Å². The Hall–Kier alpha value is -4.25. The second kappa shape index (κ2) is 17.1. The number of primary amides is 1. The van der Waals surface area contributed by atoms with Gasteiger partial charge in [0, 0.05) is 43.4 Å². The summed E-state index contributed by atoms with van der Waals surface area (Å²) in [6, 6.07) is 20.9. The zero-order valence-electron chi connectivity index (χ0n) is 27.4. The smallest absolute Gasteiger partial charge is 0.265 e. The molecule has 250 valence electrons. The fraction of sp³-hybridized carbons (Fsp3) is 0.378. The third-order valence-electron chi connectivity index (χ3n) is 8.46. The van der Waals surface area contributed by atoms with E-state index in [1.807, 2.05) is 73.3 Å². The minimum absolute atomic E-state index is 0.00604. The van der Waals surface area contributed by atoms with Crippen molar-refractivity contribution in [2.75, 3.05) is 26.7 Å². The molecule has 4 rings (SSSR count). The number of hydrogen-bond acceptors (Lipinski definition) is 7. The van der Waals surface area contributed by atoms with Crippen molar-refractivity contribution in [2.24, 2.45) is 17.1 Å². The van der Waals surface area contributed by atoms with E-state index in [2.05, 4.69) is 10.6 Å². The number of benzene rings is 2. The maximum Gasteiger partial charge on any atom is 0.265 e. The zero-order chi connectivity index (χ0) is 33.8. The van der Waals surface area contributed by atoms with E-state index in [-0.39, 0.29) is 30.4 Å². The topological polar surface area (TPSA) is 134 Å². The first-order valence-corrected chi connectivity index (χ1v) is 17.0. The highest BCUT2D eigenvalue weighted by atomic mass is 32.1. The molecular weight excluding hydrogens is 612 g/mol. The van der Waals surface area contributed by atoms with Crippen molar-refractivity contribution in [3.8, 4) is 5.75 Å². The van der Waals surface area contributed by atoms with Gasteiger partial charge < -0.3 is 31.1 Å². The van der Waals surface area contributed by atoms with E-state index in [9.17, 15) is 19.5 Å². The summed E-state index contributed by atoms with van der Waals surface area (Å²) in [5.41, 5.74) is 6.95. The lowest BCUT2D eigenvalue weighted by molar-refractivity contribution is -0.145. The summed E-state index contributed by atoms with van der Waals surface area (Å²) in [6.45, 7) is 5.69. The van der Waals surface area contributed by atoms with Crippen LogP contribution in [0.3, 0.4) is 0 Å². The summed E-state index contributed by atoms with van der Waals surface area (Å²) in [7, 11) is 1.62. The Balaban J connectivity index is 1.80. The molecule has 0 bridgehead atoms. The van der Waals surface area contributed by atoms with Crippen LogP contribution >= 0.6 is 11.3 Å². The highest BCUT2D eigenvalue weighted by Crippen LogP contribution is 2.45. The third-order valence-corrected chi connectivity index (χ3v) is 9.33. The number of nitrogens with two attached hydrogens (primary N) is 1. The lowest BCUT2D eigenvalue weighted by Gasteiger charge is -2.45. The molecule has 1 unspecified atom stereocenters. The third kappa shape index (κ3) is 9.18. The molecule has 0 fully saturated rings. The van der Waals surface area contributed by atoms with Gasteiger partial charge in [-0.2, -0.15) is 0 Å². The van der Waals surface area contributed by atoms with Crippen molar-refractivity contribution < 1.29 is 24.2 Å². The largest absolute Gasteiger partial charge is 0.497 e. The van der Waals surface area contributed by atoms with E-state index in [4.69, 9.17) is 10.5 Å². The SMILES string of the molecule is CCCN(CCC)C(=O)C1([C@H](Cc2ccccc2)[C@@H](O)CNCc2cccc(OC)c2)C=C(NC(=O)c2cccs2)C=C(C(N)=O)C1. The molecule has 0 aliphatic heterocycles. The number of nitrogens with zero attached hydrogens (tertiary/aromatic N) is 1. The van der Waals surface area contributed by atoms with Crippen LogP contribution in [0.15, 0.2) is 95.5 Å². The highest BCUT2D eigenvalue weighted by molar-refractivity contribution is 7.12. The number of thiophene rings is 1. The van der Waals surface area contributed by atoms with Gasteiger partial charge >= 0.3 is 0 Å². The van der Waals surface area contributed by atoms with Crippen molar-refractivity contribution in [3.05, 3.63) is 112 Å². The number of ether oxygens (including phenoxy) is 1. The normalized spacial score (nSPS) is 17.2. The molecule has 10 heteroatoms. The number of carbonyl (C=O) groups excluding carboxylic acids is 3. The number of carbonyl (C=O) groups is 3. The van der Waals surface area contributed by atoms with Gasteiger partial charge in [-0.15, -0.1) is 11.3 Å². The maximum atomic E-state index is 15.0. The molecule has 3 atom stereocenters. The second-order valence-electron chi connectivity index (χ2n) is 11.9. The van der Waals surface area contributed by atoms with E-state index < -0.39 is 23.3 Å². The molecule has 1 aromatic heterocycles. The monoisotopic (exact) mass is 658 g/mol. The van der Waals surface area contributed by atoms with Crippen molar-refractivity contribution in [1.29, 1.82) is 0 Å². The number of allylic oxidation sites excluding steroid dienone is 1. The van der Waals surface area contributed by atoms with Crippen molar-refractivity contribution in [1.82, 2.24) is 15.5 Å². The van der Waals surface area contributed by atoms with E-state index in [0.29, 0.717) is 36.6 Å². The lowest BCUT2D eigenvalue weighted by atomic mass is 9.63. The predicted molar refractivity (Wildman–Crippen MR) is 186 cm³/mol.